The van der Waals surface area contributed by atoms with E-state index in [-0.39, 0.29) is 0 Å². The minimum absolute atomic E-state index is 0.512. The topological polar surface area (TPSA) is 37.8 Å². The summed E-state index contributed by atoms with van der Waals surface area (Å²) in [4.78, 5) is 9.26. The SMILES string of the molecule is CCCNc1nc(-c2ccc(Cl)c(Cl)c2)nc(C)c1CC. The van der Waals surface area contributed by atoms with Gasteiger partial charge in [0.15, 0.2) is 5.82 Å². The maximum absolute atomic E-state index is 6.08. The Hall–Kier alpha value is -1.32. The third-order valence-electron chi connectivity index (χ3n) is 3.29. The Morgan fingerprint density at radius 3 is 2.48 bits per heavy atom. The number of hydrogen-bond acceptors (Lipinski definition) is 3. The highest BCUT2D eigenvalue weighted by Gasteiger charge is 2.12. The van der Waals surface area contributed by atoms with Crippen LogP contribution in [-0.4, -0.2) is 16.5 Å². The van der Waals surface area contributed by atoms with Crippen molar-refractivity contribution in [2.45, 2.75) is 33.6 Å². The van der Waals surface area contributed by atoms with E-state index in [2.05, 4.69) is 29.1 Å². The first-order valence-corrected chi connectivity index (χ1v) is 7.89. The maximum atomic E-state index is 6.08. The summed E-state index contributed by atoms with van der Waals surface area (Å²) >= 11 is 12.0. The summed E-state index contributed by atoms with van der Waals surface area (Å²) < 4.78 is 0. The number of rotatable bonds is 5. The van der Waals surface area contributed by atoms with Crippen LogP contribution in [0.15, 0.2) is 18.2 Å². The zero-order valence-corrected chi connectivity index (χ0v) is 14.0. The predicted molar refractivity (Wildman–Crippen MR) is 90.4 cm³/mol. The monoisotopic (exact) mass is 323 g/mol. The minimum atomic E-state index is 0.512. The molecule has 0 atom stereocenters. The minimum Gasteiger partial charge on any atom is -0.370 e. The summed E-state index contributed by atoms with van der Waals surface area (Å²) in [7, 11) is 0. The van der Waals surface area contributed by atoms with E-state index in [9.17, 15) is 0 Å². The molecule has 0 saturated heterocycles. The quantitative estimate of drug-likeness (QED) is 0.827. The standard InChI is InChI=1S/C16H19Cl2N3/c1-4-8-19-16-12(5-2)10(3)20-15(21-16)11-6-7-13(17)14(18)9-11/h6-7,9H,4-5,8H2,1-3H3,(H,19,20,21). The first-order chi connectivity index (χ1) is 10.1. The van der Waals surface area contributed by atoms with Gasteiger partial charge in [0.1, 0.15) is 5.82 Å². The summed E-state index contributed by atoms with van der Waals surface area (Å²) in [6.45, 7) is 7.15. The molecule has 0 aliphatic heterocycles. The molecule has 5 heteroatoms. The molecule has 1 aromatic carbocycles. The van der Waals surface area contributed by atoms with Crippen LogP contribution in [0.1, 0.15) is 31.5 Å². The van der Waals surface area contributed by atoms with Crippen LogP contribution in [0, 0.1) is 6.92 Å². The lowest BCUT2D eigenvalue weighted by Gasteiger charge is -2.13. The van der Waals surface area contributed by atoms with Gasteiger partial charge in [-0.05, 0) is 38.0 Å². The van der Waals surface area contributed by atoms with E-state index in [4.69, 9.17) is 23.2 Å². The van der Waals surface area contributed by atoms with Gasteiger partial charge in [0.25, 0.3) is 0 Å². The largest absolute Gasteiger partial charge is 0.370 e. The van der Waals surface area contributed by atoms with Gasteiger partial charge in [-0.25, -0.2) is 9.97 Å². The molecule has 1 N–H and O–H groups in total. The molecule has 0 spiro atoms. The van der Waals surface area contributed by atoms with Crippen molar-refractivity contribution in [3.63, 3.8) is 0 Å². The van der Waals surface area contributed by atoms with Crippen LogP contribution < -0.4 is 5.32 Å². The molecule has 0 aliphatic rings. The molecule has 21 heavy (non-hydrogen) atoms. The fourth-order valence-corrected chi connectivity index (χ4v) is 2.47. The molecular formula is C16H19Cl2N3. The number of aryl methyl sites for hydroxylation is 1. The van der Waals surface area contributed by atoms with Crippen LogP contribution in [-0.2, 0) is 6.42 Å². The van der Waals surface area contributed by atoms with Crippen molar-refractivity contribution in [2.24, 2.45) is 0 Å². The molecule has 1 heterocycles. The van der Waals surface area contributed by atoms with Gasteiger partial charge in [0.05, 0.1) is 10.0 Å². The first-order valence-electron chi connectivity index (χ1n) is 7.13. The maximum Gasteiger partial charge on any atom is 0.161 e. The van der Waals surface area contributed by atoms with Crippen LogP contribution in [0.5, 0.6) is 0 Å². The molecule has 0 aliphatic carbocycles. The van der Waals surface area contributed by atoms with Crippen LogP contribution in [0.3, 0.4) is 0 Å². The van der Waals surface area contributed by atoms with E-state index >= 15 is 0 Å². The molecule has 3 nitrogen and oxygen atoms in total. The Balaban J connectivity index is 2.48. The first kappa shape index (κ1) is 16.1. The van der Waals surface area contributed by atoms with Crippen molar-refractivity contribution in [2.75, 3.05) is 11.9 Å². The van der Waals surface area contributed by atoms with Crippen molar-refractivity contribution in [1.29, 1.82) is 0 Å². The second-order valence-corrected chi connectivity index (χ2v) is 5.68. The average molecular weight is 324 g/mol. The fraction of sp³-hybridized carbons (Fsp3) is 0.375. The van der Waals surface area contributed by atoms with Crippen LogP contribution in [0.2, 0.25) is 10.0 Å². The summed E-state index contributed by atoms with van der Waals surface area (Å²) in [5.74, 6) is 1.58. The van der Waals surface area contributed by atoms with Crippen molar-refractivity contribution in [3.05, 3.63) is 39.5 Å². The van der Waals surface area contributed by atoms with Crippen molar-refractivity contribution < 1.29 is 0 Å². The van der Waals surface area contributed by atoms with Crippen LogP contribution in [0.4, 0.5) is 5.82 Å². The highest BCUT2D eigenvalue weighted by atomic mass is 35.5. The molecule has 2 rings (SSSR count). The van der Waals surface area contributed by atoms with Crippen molar-refractivity contribution in [3.8, 4) is 11.4 Å². The number of halogens is 2. The second-order valence-electron chi connectivity index (χ2n) is 4.87. The molecule has 2 aromatic rings. The molecule has 112 valence electrons. The molecular weight excluding hydrogens is 305 g/mol. The van der Waals surface area contributed by atoms with Gasteiger partial charge in [-0.2, -0.15) is 0 Å². The fourth-order valence-electron chi connectivity index (χ4n) is 2.17. The van der Waals surface area contributed by atoms with Crippen LogP contribution >= 0.6 is 23.2 Å². The van der Waals surface area contributed by atoms with Gasteiger partial charge in [-0.3, -0.25) is 0 Å². The summed E-state index contributed by atoms with van der Waals surface area (Å²) in [6, 6.07) is 5.46. The van der Waals surface area contributed by atoms with Gasteiger partial charge in [0.2, 0.25) is 0 Å². The van der Waals surface area contributed by atoms with E-state index in [1.165, 1.54) is 0 Å². The highest BCUT2D eigenvalue weighted by molar-refractivity contribution is 6.42. The van der Waals surface area contributed by atoms with Crippen molar-refractivity contribution in [1.82, 2.24) is 9.97 Å². The second kappa shape index (κ2) is 7.10. The van der Waals surface area contributed by atoms with E-state index in [1.807, 2.05) is 13.0 Å². The lowest BCUT2D eigenvalue weighted by atomic mass is 10.1. The number of nitrogens with zero attached hydrogens (tertiary/aromatic N) is 2. The lowest BCUT2D eigenvalue weighted by Crippen LogP contribution is -2.09. The molecule has 0 bridgehead atoms. The normalized spacial score (nSPS) is 10.7. The van der Waals surface area contributed by atoms with Gasteiger partial charge >= 0.3 is 0 Å². The van der Waals surface area contributed by atoms with Gasteiger partial charge in [-0.15, -0.1) is 0 Å². The lowest BCUT2D eigenvalue weighted by molar-refractivity contribution is 0.938. The summed E-state index contributed by atoms with van der Waals surface area (Å²) in [5, 5.41) is 4.43. The van der Waals surface area contributed by atoms with Crippen molar-refractivity contribution >= 4 is 29.0 Å². The van der Waals surface area contributed by atoms with E-state index < -0.39 is 0 Å². The molecule has 0 saturated carbocycles. The highest BCUT2D eigenvalue weighted by Crippen LogP contribution is 2.28. The van der Waals surface area contributed by atoms with Crippen LogP contribution in [0.25, 0.3) is 11.4 Å². The zero-order valence-electron chi connectivity index (χ0n) is 12.5. The number of hydrogen-bond donors (Lipinski definition) is 1. The number of aromatic nitrogens is 2. The number of nitrogens with one attached hydrogen (secondary N) is 1. The Morgan fingerprint density at radius 2 is 1.86 bits per heavy atom. The van der Waals surface area contributed by atoms with Gasteiger partial charge in [0, 0.05) is 23.4 Å². The van der Waals surface area contributed by atoms with E-state index in [0.29, 0.717) is 15.9 Å². The third-order valence-corrected chi connectivity index (χ3v) is 4.03. The van der Waals surface area contributed by atoms with E-state index in [0.717, 1.165) is 42.0 Å². The molecule has 1 aromatic heterocycles. The number of anilines is 1. The Morgan fingerprint density at radius 1 is 1.10 bits per heavy atom. The molecule has 0 amide bonds. The van der Waals surface area contributed by atoms with Gasteiger partial charge < -0.3 is 5.32 Å². The Kier molecular flexibility index (Phi) is 5.43. The number of benzene rings is 1. The average Bonchev–Trinajstić information content (AvgIpc) is 2.47. The van der Waals surface area contributed by atoms with E-state index in [1.54, 1.807) is 12.1 Å². The van der Waals surface area contributed by atoms with Gasteiger partial charge in [-0.1, -0.05) is 37.0 Å². The third kappa shape index (κ3) is 3.66. The zero-order chi connectivity index (χ0) is 15.4. The Bertz CT molecular complexity index is 642. The summed E-state index contributed by atoms with van der Waals surface area (Å²) in [5.41, 5.74) is 3.02. The molecule has 0 radical (unpaired) electrons. The smallest absolute Gasteiger partial charge is 0.161 e. The molecule has 0 fully saturated rings. The molecule has 0 unspecified atom stereocenters. The predicted octanol–water partition coefficient (Wildman–Crippen LogP) is 5.14. The summed E-state index contributed by atoms with van der Waals surface area (Å²) in [6.07, 6.45) is 1.95. The Labute approximate surface area is 135 Å².